The Bertz CT molecular complexity index is 569. The van der Waals surface area contributed by atoms with E-state index in [-0.39, 0.29) is 17.1 Å². The molecule has 0 fully saturated rings. The standard InChI is InChI=1S/C11H19N3O6S/c1-8-10(9(11(15)16)14-13-8)21(17,18)12-4-3-5-20-7-6-19-2/h12H,3-7H2,1-2H3,(H,13,14)(H,15,16). The fourth-order valence-electron chi connectivity index (χ4n) is 1.59. The molecule has 0 unspecified atom stereocenters. The summed E-state index contributed by atoms with van der Waals surface area (Å²) >= 11 is 0. The van der Waals surface area contributed by atoms with Crippen LogP contribution in [0, 0.1) is 6.92 Å². The molecule has 0 radical (unpaired) electrons. The van der Waals surface area contributed by atoms with Gasteiger partial charge in [-0.1, -0.05) is 0 Å². The molecule has 1 heterocycles. The largest absolute Gasteiger partial charge is 0.476 e. The number of hydrogen-bond acceptors (Lipinski definition) is 6. The number of carboxylic acids is 1. The Morgan fingerprint density at radius 1 is 1.38 bits per heavy atom. The van der Waals surface area contributed by atoms with Gasteiger partial charge in [-0.05, 0) is 13.3 Å². The van der Waals surface area contributed by atoms with Crippen LogP contribution in [0.3, 0.4) is 0 Å². The number of ether oxygens (including phenoxy) is 2. The molecule has 120 valence electrons. The number of hydrogen-bond donors (Lipinski definition) is 3. The van der Waals surface area contributed by atoms with Crippen LogP contribution in [0.15, 0.2) is 4.90 Å². The van der Waals surface area contributed by atoms with Crippen LogP contribution in [-0.4, -0.2) is 63.2 Å². The first-order valence-electron chi connectivity index (χ1n) is 6.24. The number of rotatable bonds is 10. The quantitative estimate of drug-likeness (QED) is 0.506. The van der Waals surface area contributed by atoms with Gasteiger partial charge in [0.25, 0.3) is 0 Å². The van der Waals surface area contributed by atoms with Crippen molar-refractivity contribution in [2.75, 3.05) is 33.5 Å². The Morgan fingerprint density at radius 2 is 2.10 bits per heavy atom. The van der Waals surface area contributed by atoms with E-state index < -0.39 is 21.7 Å². The molecule has 0 aromatic carbocycles. The number of aromatic carboxylic acids is 1. The van der Waals surface area contributed by atoms with Crippen molar-refractivity contribution in [1.29, 1.82) is 0 Å². The molecule has 1 aromatic heterocycles. The molecule has 0 bridgehead atoms. The molecular weight excluding hydrogens is 302 g/mol. The normalized spacial score (nSPS) is 11.7. The van der Waals surface area contributed by atoms with Crippen molar-refractivity contribution in [3.63, 3.8) is 0 Å². The van der Waals surface area contributed by atoms with Crippen molar-refractivity contribution < 1.29 is 27.8 Å². The lowest BCUT2D eigenvalue weighted by molar-refractivity contribution is 0.0685. The number of nitrogens with one attached hydrogen (secondary N) is 2. The molecule has 0 amide bonds. The van der Waals surface area contributed by atoms with Gasteiger partial charge in [0.2, 0.25) is 10.0 Å². The zero-order valence-corrected chi connectivity index (χ0v) is 12.7. The second kappa shape index (κ2) is 8.08. The molecule has 3 N–H and O–H groups in total. The third-order valence-corrected chi connectivity index (χ3v) is 4.17. The van der Waals surface area contributed by atoms with Gasteiger partial charge in [-0.15, -0.1) is 0 Å². The molecule has 0 aliphatic carbocycles. The lowest BCUT2D eigenvalue weighted by Crippen LogP contribution is -2.27. The fraction of sp³-hybridized carbons (Fsp3) is 0.636. The van der Waals surface area contributed by atoms with Crippen molar-refractivity contribution in [2.45, 2.75) is 18.2 Å². The Morgan fingerprint density at radius 3 is 2.71 bits per heavy atom. The maximum absolute atomic E-state index is 12.1. The number of aromatic amines is 1. The van der Waals surface area contributed by atoms with Gasteiger partial charge < -0.3 is 14.6 Å². The number of nitrogens with zero attached hydrogens (tertiary/aromatic N) is 1. The fourth-order valence-corrected chi connectivity index (χ4v) is 2.98. The molecule has 0 aliphatic heterocycles. The van der Waals surface area contributed by atoms with Crippen LogP contribution in [0.5, 0.6) is 0 Å². The Labute approximate surface area is 122 Å². The minimum Gasteiger partial charge on any atom is -0.476 e. The maximum Gasteiger partial charge on any atom is 0.357 e. The van der Waals surface area contributed by atoms with Crippen LogP contribution >= 0.6 is 0 Å². The van der Waals surface area contributed by atoms with Crippen molar-refractivity contribution in [3.05, 3.63) is 11.4 Å². The summed E-state index contributed by atoms with van der Waals surface area (Å²) in [6.07, 6.45) is 0.461. The lowest BCUT2D eigenvalue weighted by atomic mass is 10.4. The molecule has 0 aliphatic rings. The SMILES string of the molecule is COCCOCCCNS(=O)(=O)c1c(C(=O)O)n[nH]c1C. The van der Waals surface area contributed by atoms with E-state index in [4.69, 9.17) is 14.6 Å². The van der Waals surface area contributed by atoms with Crippen LogP contribution in [0.2, 0.25) is 0 Å². The topological polar surface area (TPSA) is 131 Å². The summed E-state index contributed by atoms with van der Waals surface area (Å²) in [4.78, 5) is 10.6. The molecule has 21 heavy (non-hydrogen) atoms. The zero-order valence-electron chi connectivity index (χ0n) is 11.9. The minimum absolute atomic E-state index is 0.138. The predicted octanol–water partition coefficient (Wildman–Crippen LogP) is -0.252. The summed E-state index contributed by atoms with van der Waals surface area (Å²) in [5, 5.41) is 14.8. The average molecular weight is 321 g/mol. The summed E-state index contributed by atoms with van der Waals surface area (Å²) in [7, 11) is -2.37. The predicted molar refractivity (Wildman–Crippen MR) is 72.8 cm³/mol. The van der Waals surface area contributed by atoms with Gasteiger partial charge in [0, 0.05) is 20.3 Å². The van der Waals surface area contributed by atoms with E-state index in [0.717, 1.165) is 0 Å². The first-order chi connectivity index (χ1) is 9.90. The molecule has 1 aromatic rings. The number of aryl methyl sites for hydroxylation is 1. The van der Waals surface area contributed by atoms with E-state index in [1.54, 1.807) is 7.11 Å². The van der Waals surface area contributed by atoms with Gasteiger partial charge >= 0.3 is 5.97 Å². The second-order valence-corrected chi connectivity index (χ2v) is 5.89. The van der Waals surface area contributed by atoms with Crippen LogP contribution in [0.1, 0.15) is 22.6 Å². The van der Waals surface area contributed by atoms with Crippen molar-refractivity contribution in [2.24, 2.45) is 0 Å². The van der Waals surface area contributed by atoms with Crippen molar-refractivity contribution >= 4 is 16.0 Å². The van der Waals surface area contributed by atoms with Gasteiger partial charge in [-0.25, -0.2) is 17.9 Å². The molecule has 0 saturated heterocycles. The highest BCUT2D eigenvalue weighted by molar-refractivity contribution is 7.89. The van der Waals surface area contributed by atoms with Crippen LogP contribution in [-0.2, 0) is 19.5 Å². The van der Waals surface area contributed by atoms with Crippen LogP contribution < -0.4 is 4.72 Å². The number of sulfonamides is 1. The van der Waals surface area contributed by atoms with Gasteiger partial charge in [-0.3, -0.25) is 5.10 Å². The highest BCUT2D eigenvalue weighted by Crippen LogP contribution is 2.17. The lowest BCUT2D eigenvalue weighted by Gasteiger charge is -2.07. The van der Waals surface area contributed by atoms with E-state index in [9.17, 15) is 13.2 Å². The third-order valence-electron chi connectivity index (χ3n) is 2.55. The highest BCUT2D eigenvalue weighted by Gasteiger charge is 2.27. The molecular formula is C11H19N3O6S. The van der Waals surface area contributed by atoms with Gasteiger partial charge in [0.15, 0.2) is 5.69 Å². The Balaban J connectivity index is 2.55. The second-order valence-electron chi connectivity index (χ2n) is 4.19. The van der Waals surface area contributed by atoms with E-state index in [1.807, 2.05) is 0 Å². The number of H-pyrrole nitrogens is 1. The third kappa shape index (κ3) is 5.08. The van der Waals surface area contributed by atoms with E-state index in [0.29, 0.717) is 26.2 Å². The van der Waals surface area contributed by atoms with E-state index in [2.05, 4.69) is 14.9 Å². The van der Waals surface area contributed by atoms with Gasteiger partial charge in [-0.2, -0.15) is 5.10 Å². The van der Waals surface area contributed by atoms with Crippen molar-refractivity contribution in [3.8, 4) is 0 Å². The zero-order chi connectivity index (χ0) is 15.9. The van der Waals surface area contributed by atoms with E-state index >= 15 is 0 Å². The number of methoxy groups -OCH3 is 1. The summed E-state index contributed by atoms with van der Waals surface area (Å²) in [5.41, 5.74) is -0.340. The van der Waals surface area contributed by atoms with Crippen molar-refractivity contribution in [1.82, 2.24) is 14.9 Å². The maximum atomic E-state index is 12.1. The summed E-state index contributed by atoms with van der Waals surface area (Å²) < 4.78 is 36.5. The number of aromatic nitrogens is 2. The smallest absolute Gasteiger partial charge is 0.357 e. The summed E-state index contributed by atoms with van der Waals surface area (Å²) in [6, 6.07) is 0. The summed E-state index contributed by atoms with van der Waals surface area (Å²) in [5.74, 6) is -1.40. The number of carbonyl (C=O) groups is 1. The minimum atomic E-state index is -3.93. The molecule has 9 nitrogen and oxygen atoms in total. The Kier molecular flexibility index (Phi) is 6.75. The summed E-state index contributed by atoms with van der Waals surface area (Å²) in [6.45, 7) is 2.87. The van der Waals surface area contributed by atoms with Crippen LogP contribution in [0.25, 0.3) is 0 Å². The Hall–Kier alpha value is -1.49. The molecule has 0 saturated carbocycles. The van der Waals surface area contributed by atoms with Gasteiger partial charge in [0.1, 0.15) is 4.90 Å². The van der Waals surface area contributed by atoms with Crippen LogP contribution in [0.4, 0.5) is 0 Å². The highest BCUT2D eigenvalue weighted by atomic mass is 32.2. The molecule has 0 atom stereocenters. The molecule has 1 rings (SSSR count). The first-order valence-corrected chi connectivity index (χ1v) is 7.73. The average Bonchev–Trinajstić information content (AvgIpc) is 2.80. The monoisotopic (exact) mass is 321 g/mol. The molecule has 10 heteroatoms. The molecule has 0 spiro atoms. The first kappa shape index (κ1) is 17.6. The number of carboxylic acid groups (broad SMARTS) is 1. The van der Waals surface area contributed by atoms with E-state index in [1.165, 1.54) is 6.92 Å². The van der Waals surface area contributed by atoms with Gasteiger partial charge in [0.05, 0.1) is 18.9 Å².